The summed E-state index contributed by atoms with van der Waals surface area (Å²) in [6, 6.07) is 0. The standard InChI is InChI=1S/C11H16F3NO4/c1-7(19-6-11(12,13)14)9(16)15-4-2-3-8(5-15)10(17)18/h7-8H,2-6H2,1H3,(H,17,18)/t7-,8+/m0/s1. The molecule has 0 aliphatic carbocycles. The Bertz CT molecular complexity index is 345. The molecule has 1 amide bonds. The number of carboxylic acids is 1. The van der Waals surface area contributed by atoms with Crippen molar-refractivity contribution in [1.82, 2.24) is 4.90 Å². The number of carboxylic acid groups (broad SMARTS) is 1. The molecule has 0 radical (unpaired) electrons. The maximum atomic E-state index is 12.0. The van der Waals surface area contributed by atoms with E-state index in [0.29, 0.717) is 19.4 Å². The molecule has 2 atom stereocenters. The van der Waals surface area contributed by atoms with Gasteiger partial charge in [0.05, 0.1) is 5.92 Å². The molecule has 0 spiro atoms. The maximum absolute atomic E-state index is 12.0. The van der Waals surface area contributed by atoms with E-state index in [2.05, 4.69) is 4.74 Å². The first-order valence-electron chi connectivity index (χ1n) is 5.90. The molecule has 1 rings (SSSR count). The molecule has 0 saturated carbocycles. The number of amides is 1. The zero-order valence-corrected chi connectivity index (χ0v) is 10.4. The minimum absolute atomic E-state index is 0.0217. The lowest BCUT2D eigenvalue weighted by Crippen LogP contribution is -2.47. The van der Waals surface area contributed by atoms with Gasteiger partial charge in [-0.2, -0.15) is 13.2 Å². The van der Waals surface area contributed by atoms with Gasteiger partial charge < -0.3 is 14.7 Å². The quantitative estimate of drug-likeness (QED) is 0.844. The third-order valence-corrected chi connectivity index (χ3v) is 2.93. The molecule has 110 valence electrons. The summed E-state index contributed by atoms with van der Waals surface area (Å²) in [7, 11) is 0. The van der Waals surface area contributed by atoms with E-state index in [1.165, 1.54) is 11.8 Å². The SMILES string of the molecule is C[C@H](OCC(F)(F)F)C(=O)N1CCC[C@@H](C(=O)O)C1. The van der Waals surface area contributed by atoms with Crippen molar-refractivity contribution < 1.29 is 32.6 Å². The number of likely N-dealkylation sites (tertiary alicyclic amines) is 1. The van der Waals surface area contributed by atoms with Crippen LogP contribution in [0.25, 0.3) is 0 Å². The van der Waals surface area contributed by atoms with E-state index < -0.39 is 36.7 Å². The predicted octanol–water partition coefficient (Wildman–Crippen LogP) is 1.28. The van der Waals surface area contributed by atoms with Gasteiger partial charge in [0.15, 0.2) is 0 Å². The first kappa shape index (κ1) is 15.7. The van der Waals surface area contributed by atoms with Gasteiger partial charge in [-0.25, -0.2) is 0 Å². The first-order chi connectivity index (χ1) is 8.70. The van der Waals surface area contributed by atoms with Crippen molar-refractivity contribution in [1.29, 1.82) is 0 Å². The minimum atomic E-state index is -4.49. The molecular weight excluding hydrogens is 267 g/mol. The Kier molecular flexibility index (Phi) is 5.16. The highest BCUT2D eigenvalue weighted by molar-refractivity contribution is 5.81. The molecule has 1 saturated heterocycles. The summed E-state index contributed by atoms with van der Waals surface area (Å²) >= 11 is 0. The monoisotopic (exact) mass is 283 g/mol. The maximum Gasteiger partial charge on any atom is 0.411 e. The Morgan fingerprint density at radius 2 is 2.11 bits per heavy atom. The minimum Gasteiger partial charge on any atom is -0.481 e. The highest BCUT2D eigenvalue weighted by atomic mass is 19.4. The molecule has 0 aromatic heterocycles. The molecule has 0 aromatic rings. The summed E-state index contributed by atoms with van der Waals surface area (Å²) in [5.74, 6) is -2.26. The van der Waals surface area contributed by atoms with Gasteiger partial charge >= 0.3 is 12.1 Å². The van der Waals surface area contributed by atoms with Gasteiger partial charge in [0.1, 0.15) is 12.7 Å². The Morgan fingerprint density at radius 3 is 2.63 bits per heavy atom. The number of hydrogen-bond donors (Lipinski definition) is 1. The molecular formula is C11H16F3NO4. The highest BCUT2D eigenvalue weighted by Gasteiger charge is 2.33. The Balaban J connectivity index is 2.49. The molecule has 1 aliphatic rings. The van der Waals surface area contributed by atoms with Gasteiger partial charge in [0.2, 0.25) is 0 Å². The van der Waals surface area contributed by atoms with Crippen LogP contribution in [0.3, 0.4) is 0 Å². The summed E-state index contributed by atoms with van der Waals surface area (Å²) in [4.78, 5) is 23.9. The van der Waals surface area contributed by atoms with Gasteiger partial charge in [-0.3, -0.25) is 9.59 Å². The van der Waals surface area contributed by atoms with Gasteiger partial charge in [-0.05, 0) is 19.8 Å². The van der Waals surface area contributed by atoms with E-state index in [4.69, 9.17) is 5.11 Å². The Labute approximate surface area is 108 Å². The van der Waals surface area contributed by atoms with Gasteiger partial charge in [-0.1, -0.05) is 0 Å². The molecule has 0 bridgehead atoms. The van der Waals surface area contributed by atoms with Crippen LogP contribution in [0.5, 0.6) is 0 Å². The second-order valence-corrected chi connectivity index (χ2v) is 4.53. The zero-order valence-electron chi connectivity index (χ0n) is 10.4. The van der Waals surface area contributed by atoms with Crippen molar-refractivity contribution in [2.24, 2.45) is 5.92 Å². The van der Waals surface area contributed by atoms with E-state index in [9.17, 15) is 22.8 Å². The third kappa shape index (κ3) is 5.06. The first-order valence-corrected chi connectivity index (χ1v) is 5.90. The van der Waals surface area contributed by atoms with E-state index in [1.807, 2.05) is 0 Å². The van der Waals surface area contributed by atoms with Crippen molar-refractivity contribution in [2.75, 3.05) is 19.7 Å². The number of ether oxygens (including phenoxy) is 1. The van der Waals surface area contributed by atoms with Gasteiger partial charge in [-0.15, -0.1) is 0 Å². The fraction of sp³-hybridized carbons (Fsp3) is 0.818. The smallest absolute Gasteiger partial charge is 0.411 e. The van der Waals surface area contributed by atoms with Crippen molar-refractivity contribution in [2.45, 2.75) is 32.0 Å². The Morgan fingerprint density at radius 1 is 1.47 bits per heavy atom. The van der Waals surface area contributed by atoms with Crippen LogP contribution in [-0.2, 0) is 14.3 Å². The fourth-order valence-electron chi connectivity index (χ4n) is 1.93. The van der Waals surface area contributed by atoms with Gasteiger partial charge in [0, 0.05) is 13.1 Å². The number of aliphatic carboxylic acids is 1. The lowest BCUT2D eigenvalue weighted by atomic mass is 9.98. The molecule has 5 nitrogen and oxygen atoms in total. The lowest BCUT2D eigenvalue weighted by molar-refractivity contribution is -0.189. The molecule has 0 unspecified atom stereocenters. The van der Waals surface area contributed by atoms with E-state index in [1.54, 1.807) is 0 Å². The highest BCUT2D eigenvalue weighted by Crippen LogP contribution is 2.19. The second kappa shape index (κ2) is 6.23. The normalized spacial score (nSPS) is 22.1. The van der Waals surface area contributed by atoms with Crippen LogP contribution < -0.4 is 0 Å². The molecule has 1 aliphatic heterocycles. The van der Waals surface area contributed by atoms with Crippen molar-refractivity contribution in [3.8, 4) is 0 Å². The molecule has 1 N–H and O–H groups in total. The van der Waals surface area contributed by atoms with Crippen LogP contribution in [0.1, 0.15) is 19.8 Å². The molecule has 1 heterocycles. The number of piperidine rings is 1. The van der Waals surface area contributed by atoms with Crippen molar-refractivity contribution in [3.05, 3.63) is 0 Å². The van der Waals surface area contributed by atoms with Crippen LogP contribution in [-0.4, -0.2) is 53.9 Å². The van der Waals surface area contributed by atoms with E-state index in [0.717, 1.165) is 0 Å². The average molecular weight is 283 g/mol. The number of alkyl halides is 3. The number of halogens is 3. The number of nitrogens with zero attached hydrogens (tertiary/aromatic N) is 1. The van der Waals surface area contributed by atoms with E-state index in [-0.39, 0.29) is 6.54 Å². The number of carbonyl (C=O) groups is 2. The summed E-state index contributed by atoms with van der Waals surface area (Å²) in [6.07, 6.45) is -4.72. The Hall–Kier alpha value is -1.31. The summed E-state index contributed by atoms with van der Waals surface area (Å²) < 4.78 is 40.3. The summed E-state index contributed by atoms with van der Waals surface area (Å²) in [5.41, 5.74) is 0. The summed E-state index contributed by atoms with van der Waals surface area (Å²) in [6.45, 7) is 0.116. The van der Waals surface area contributed by atoms with Gasteiger partial charge in [0.25, 0.3) is 5.91 Å². The zero-order chi connectivity index (χ0) is 14.6. The summed E-state index contributed by atoms with van der Waals surface area (Å²) in [5, 5.41) is 8.87. The molecule has 1 fully saturated rings. The number of rotatable bonds is 4. The second-order valence-electron chi connectivity index (χ2n) is 4.53. The molecule has 19 heavy (non-hydrogen) atoms. The van der Waals surface area contributed by atoms with Crippen LogP contribution in [0, 0.1) is 5.92 Å². The topological polar surface area (TPSA) is 66.8 Å². The largest absolute Gasteiger partial charge is 0.481 e. The molecule has 0 aromatic carbocycles. The lowest BCUT2D eigenvalue weighted by Gasteiger charge is -2.32. The number of carbonyl (C=O) groups excluding carboxylic acids is 1. The predicted molar refractivity (Wildman–Crippen MR) is 58.4 cm³/mol. The third-order valence-electron chi connectivity index (χ3n) is 2.93. The fourth-order valence-corrected chi connectivity index (χ4v) is 1.93. The van der Waals surface area contributed by atoms with E-state index >= 15 is 0 Å². The van der Waals surface area contributed by atoms with Crippen LogP contribution in [0.15, 0.2) is 0 Å². The average Bonchev–Trinajstić information content (AvgIpc) is 2.34. The van der Waals surface area contributed by atoms with Crippen LogP contribution >= 0.6 is 0 Å². The van der Waals surface area contributed by atoms with Crippen molar-refractivity contribution >= 4 is 11.9 Å². The van der Waals surface area contributed by atoms with Crippen LogP contribution in [0.4, 0.5) is 13.2 Å². The number of hydrogen-bond acceptors (Lipinski definition) is 3. The van der Waals surface area contributed by atoms with Crippen molar-refractivity contribution in [3.63, 3.8) is 0 Å². The van der Waals surface area contributed by atoms with Crippen LogP contribution in [0.2, 0.25) is 0 Å². The molecule has 8 heteroatoms.